The lowest BCUT2D eigenvalue weighted by molar-refractivity contribution is -0.142. The number of methoxy groups -OCH3 is 1. The molecule has 8 nitrogen and oxygen atoms in total. The van der Waals surface area contributed by atoms with E-state index in [0.717, 1.165) is 7.11 Å². The Morgan fingerprint density at radius 3 is 2.24 bits per heavy atom. The molecule has 0 rings (SSSR count). The van der Waals surface area contributed by atoms with E-state index in [1.54, 1.807) is 27.7 Å². The standard InChI is InChI=1S/C12H24N2O6S/c1-6-7-21(17,18)14-9(10(15)19-5)8-13-11(16)20-12(2,3)4/h9,14H,6-8H2,1-5H3,(H,13,16)/t9-/m0/s1. The summed E-state index contributed by atoms with van der Waals surface area (Å²) in [6, 6.07) is -1.20. The van der Waals surface area contributed by atoms with Gasteiger partial charge in [0.25, 0.3) is 0 Å². The molecule has 0 saturated carbocycles. The molecule has 0 bridgehead atoms. The van der Waals surface area contributed by atoms with E-state index in [1.165, 1.54) is 0 Å². The van der Waals surface area contributed by atoms with Gasteiger partial charge in [-0.05, 0) is 27.2 Å². The second-order valence-electron chi connectivity index (χ2n) is 5.40. The molecule has 0 aromatic carbocycles. The fraction of sp³-hybridized carbons (Fsp3) is 0.833. The Labute approximate surface area is 125 Å². The highest BCUT2D eigenvalue weighted by molar-refractivity contribution is 7.89. The fourth-order valence-corrected chi connectivity index (χ4v) is 2.63. The largest absolute Gasteiger partial charge is 0.468 e. The molecule has 0 aliphatic heterocycles. The molecular formula is C12H24N2O6S. The summed E-state index contributed by atoms with van der Waals surface area (Å²) in [5.74, 6) is -0.904. The van der Waals surface area contributed by atoms with Crippen LogP contribution in [-0.2, 0) is 24.3 Å². The van der Waals surface area contributed by atoms with Gasteiger partial charge in [-0.25, -0.2) is 13.2 Å². The summed E-state index contributed by atoms with van der Waals surface area (Å²) < 4.78 is 35.0. The van der Waals surface area contributed by atoms with Crippen molar-refractivity contribution in [2.24, 2.45) is 0 Å². The van der Waals surface area contributed by atoms with E-state index in [-0.39, 0.29) is 12.3 Å². The van der Waals surface area contributed by atoms with Crippen molar-refractivity contribution in [2.75, 3.05) is 19.4 Å². The third kappa shape index (κ3) is 9.24. The van der Waals surface area contributed by atoms with E-state index in [1.807, 2.05) is 0 Å². The smallest absolute Gasteiger partial charge is 0.407 e. The van der Waals surface area contributed by atoms with Gasteiger partial charge in [-0.3, -0.25) is 4.79 Å². The lowest BCUT2D eigenvalue weighted by atomic mass is 10.2. The predicted octanol–water partition coefficient (Wildman–Crippen LogP) is 0.382. The normalized spacial score (nSPS) is 13.4. The van der Waals surface area contributed by atoms with Gasteiger partial charge in [0.2, 0.25) is 10.0 Å². The summed E-state index contributed by atoms with van der Waals surface area (Å²) in [5.41, 5.74) is -0.688. The first-order valence-corrected chi connectivity index (χ1v) is 8.20. The Morgan fingerprint density at radius 1 is 1.24 bits per heavy atom. The molecule has 1 amide bonds. The third-order valence-corrected chi connectivity index (χ3v) is 3.72. The van der Waals surface area contributed by atoms with E-state index < -0.39 is 33.7 Å². The number of hydrogen-bond donors (Lipinski definition) is 2. The van der Waals surface area contributed by atoms with Crippen LogP contribution in [0, 0.1) is 0 Å². The molecule has 124 valence electrons. The van der Waals surface area contributed by atoms with Gasteiger partial charge < -0.3 is 14.8 Å². The number of carbonyl (C=O) groups excluding carboxylic acids is 2. The van der Waals surface area contributed by atoms with Crippen molar-refractivity contribution in [2.45, 2.75) is 45.8 Å². The molecule has 0 aliphatic rings. The van der Waals surface area contributed by atoms with Crippen LogP contribution in [-0.4, -0.2) is 51.5 Å². The zero-order chi connectivity index (χ0) is 16.7. The molecule has 0 fully saturated rings. The highest BCUT2D eigenvalue weighted by Crippen LogP contribution is 2.06. The molecule has 0 unspecified atom stereocenters. The van der Waals surface area contributed by atoms with E-state index in [2.05, 4.69) is 14.8 Å². The minimum atomic E-state index is -3.61. The average Bonchev–Trinajstić information content (AvgIpc) is 2.31. The molecule has 0 heterocycles. The van der Waals surface area contributed by atoms with Gasteiger partial charge in [0, 0.05) is 6.54 Å². The van der Waals surface area contributed by atoms with Gasteiger partial charge in [0.15, 0.2) is 0 Å². The summed E-state index contributed by atoms with van der Waals surface area (Å²) in [7, 11) is -2.48. The van der Waals surface area contributed by atoms with Crippen LogP contribution in [0.15, 0.2) is 0 Å². The van der Waals surface area contributed by atoms with Crippen LogP contribution in [0.25, 0.3) is 0 Å². The Balaban J connectivity index is 4.66. The Bertz CT molecular complexity index is 455. The predicted molar refractivity (Wildman–Crippen MR) is 77.3 cm³/mol. The number of carbonyl (C=O) groups is 2. The highest BCUT2D eigenvalue weighted by atomic mass is 32.2. The molecular weight excluding hydrogens is 300 g/mol. The van der Waals surface area contributed by atoms with Crippen molar-refractivity contribution in [3.63, 3.8) is 0 Å². The Morgan fingerprint density at radius 2 is 1.81 bits per heavy atom. The Hall–Kier alpha value is -1.35. The van der Waals surface area contributed by atoms with E-state index in [9.17, 15) is 18.0 Å². The van der Waals surface area contributed by atoms with E-state index >= 15 is 0 Å². The lowest BCUT2D eigenvalue weighted by Gasteiger charge is -2.21. The maximum atomic E-state index is 11.7. The molecule has 21 heavy (non-hydrogen) atoms. The minimum absolute atomic E-state index is 0.118. The highest BCUT2D eigenvalue weighted by Gasteiger charge is 2.26. The number of alkyl carbamates (subject to hydrolysis) is 1. The molecule has 1 atom stereocenters. The SMILES string of the molecule is CCCS(=O)(=O)N[C@@H](CNC(=O)OC(C)(C)C)C(=O)OC. The van der Waals surface area contributed by atoms with Crippen LogP contribution in [0.2, 0.25) is 0 Å². The zero-order valence-corrected chi connectivity index (χ0v) is 13.9. The van der Waals surface area contributed by atoms with Gasteiger partial charge in [-0.1, -0.05) is 6.92 Å². The van der Waals surface area contributed by atoms with Crippen LogP contribution in [0.4, 0.5) is 4.79 Å². The first-order valence-electron chi connectivity index (χ1n) is 6.55. The van der Waals surface area contributed by atoms with Crippen molar-refractivity contribution in [1.29, 1.82) is 0 Å². The summed E-state index contributed by atoms with van der Waals surface area (Å²) in [6.45, 7) is 6.51. The molecule has 0 aromatic rings. The van der Waals surface area contributed by atoms with Crippen molar-refractivity contribution in [3.05, 3.63) is 0 Å². The number of rotatable bonds is 7. The van der Waals surface area contributed by atoms with Crippen LogP contribution in [0.5, 0.6) is 0 Å². The molecule has 0 radical (unpaired) electrons. The first-order chi connectivity index (χ1) is 9.50. The monoisotopic (exact) mass is 324 g/mol. The zero-order valence-electron chi connectivity index (χ0n) is 13.1. The molecule has 0 spiro atoms. The van der Waals surface area contributed by atoms with Gasteiger partial charge in [0.1, 0.15) is 11.6 Å². The van der Waals surface area contributed by atoms with Gasteiger partial charge in [-0.15, -0.1) is 0 Å². The van der Waals surface area contributed by atoms with Gasteiger partial charge in [-0.2, -0.15) is 4.72 Å². The Kier molecular flexibility index (Phi) is 7.65. The molecule has 2 N–H and O–H groups in total. The maximum absolute atomic E-state index is 11.7. The summed E-state index contributed by atoms with van der Waals surface area (Å²) in [4.78, 5) is 23.1. The number of hydrogen-bond acceptors (Lipinski definition) is 6. The van der Waals surface area contributed by atoms with Crippen molar-refractivity contribution >= 4 is 22.1 Å². The second kappa shape index (κ2) is 8.18. The molecule has 9 heteroatoms. The molecule has 0 aliphatic carbocycles. The maximum Gasteiger partial charge on any atom is 0.407 e. The van der Waals surface area contributed by atoms with E-state index in [4.69, 9.17) is 4.74 Å². The van der Waals surface area contributed by atoms with Crippen LogP contribution in [0.1, 0.15) is 34.1 Å². The van der Waals surface area contributed by atoms with Crippen molar-refractivity contribution < 1.29 is 27.5 Å². The second-order valence-corrected chi connectivity index (χ2v) is 7.27. The quantitative estimate of drug-likeness (QED) is 0.655. The summed E-state index contributed by atoms with van der Waals surface area (Å²) >= 11 is 0. The van der Waals surface area contributed by atoms with Gasteiger partial charge >= 0.3 is 12.1 Å². The molecule has 0 saturated heterocycles. The van der Waals surface area contributed by atoms with E-state index in [0.29, 0.717) is 6.42 Å². The van der Waals surface area contributed by atoms with Gasteiger partial charge in [0.05, 0.1) is 12.9 Å². The van der Waals surface area contributed by atoms with Crippen molar-refractivity contribution in [3.8, 4) is 0 Å². The summed E-state index contributed by atoms with van der Waals surface area (Å²) in [5, 5.41) is 2.33. The number of sulfonamides is 1. The average molecular weight is 324 g/mol. The van der Waals surface area contributed by atoms with Crippen LogP contribution < -0.4 is 10.0 Å². The van der Waals surface area contributed by atoms with Crippen LogP contribution >= 0.6 is 0 Å². The fourth-order valence-electron chi connectivity index (χ4n) is 1.36. The molecule has 0 aromatic heterocycles. The lowest BCUT2D eigenvalue weighted by Crippen LogP contribution is -2.50. The number of esters is 1. The number of nitrogens with one attached hydrogen (secondary N) is 2. The first kappa shape index (κ1) is 19.7. The number of ether oxygens (including phenoxy) is 2. The van der Waals surface area contributed by atoms with Crippen LogP contribution in [0.3, 0.4) is 0 Å². The minimum Gasteiger partial charge on any atom is -0.468 e. The topological polar surface area (TPSA) is 111 Å². The van der Waals surface area contributed by atoms with Crippen molar-refractivity contribution in [1.82, 2.24) is 10.0 Å². The number of amides is 1. The third-order valence-electron chi connectivity index (χ3n) is 2.13. The summed E-state index contributed by atoms with van der Waals surface area (Å²) in [6.07, 6.45) is -0.339.